The minimum absolute atomic E-state index is 0.0110. The number of anilines is 1. The molecule has 4 aliphatic rings. The first-order valence-electron chi connectivity index (χ1n) is 13.3. The summed E-state index contributed by atoms with van der Waals surface area (Å²) in [5.74, 6) is 0.679. The molecule has 4 saturated heterocycles. The zero-order valence-electron chi connectivity index (χ0n) is 21.0. The number of likely N-dealkylation sites (N-methyl/N-ethyl adjacent to an activating group) is 1. The van der Waals surface area contributed by atoms with E-state index < -0.39 is 0 Å². The highest BCUT2D eigenvalue weighted by atomic mass is 16.5. The van der Waals surface area contributed by atoms with E-state index >= 15 is 0 Å². The van der Waals surface area contributed by atoms with Gasteiger partial charge in [-0.25, -0.2) is 5.43 Å². The monoisotopic (exact) mass is 486 g/mol. The first kappa shape index (κ1) is 24.7. The SMILES string of the molecule is CN1CCN(CCOc2ccc(NC3NC(N4CCCCCC4)NC4CNNC(=O)C43)cc2)CC1. The predicted octanol–water partition coefficient (Wildman–Crippen LogP) is 0.0224. The molecule has 10 heteroatoms. The Morgan fingerprint density at radius 3 is 2.46 bits per heavy atom. The van der Waals surface area contributed by atoms with Gasteiger partial charge < -0.3 is 15.0 Å². The van der Waals surface area contributed by atoms with E-state index in [1.165, 1.54) is 25.7 Å². The Hall–Kier alpha value is -1.95. The van der Waals surface area contributed by atoms with Crippen LogP contribution >= 0.6 is 0 Å². The zero-order valence-corrected chi connectivity index (χ0v) is 21.0. The van der Waals surface area contributed by atoms with Gasteiger partial charge in [0.2, 0.25) is 5.91 Å². The molecule has 1 amide bonds. The number of hydrogen-bond donors (Lipinski definition) is 5. The molecule has 10 nitrogen and oxygen atoms in total. The number of carbonyl (C=O) groups excluding carboxylic acids is 1. The lowest BCUT2D eigenvalue weighted by Crippen LogP contribution is -2.76. The van der Waals surface area contributed by atoms with E-state index in [0.29, 0.717) is 13.2 Å². The Kier molecular flexibility index (Phi) is 8.38. The number of benzene rings is 1. The van der Waals surface area contributed by atoms with Crippen molar-refractivity contribution in [2.45, 2.75) is 44.2 Å². The number of piperazine rings is 1. The maximum Gasteiger partial charge on any atom is 0.242 e. The van der Waals surface area contributed by atoms with Crippen LogP contribution < -0.4 is 31.5 Å². The average Bonchev–Trinajstić information content (AvgIpc) is 3.16. The highest BCUT2D eigenvalue weighted by molar-refractivity contribution is 5.81. The van der Waals surface area contributed by atoms with Gasteiger partial charge in [-0.3, -0.25) is 30.7 Å². The van der Waals surface area contributed by atoms with E-state index in [0.717, 1.165) is 57.3 Å². The number of nitrogens with zero attached hydrogens (tertiary/aromatic N) is 3. The molecular weight excluding hydrogens is 444 g/mol. The Morgan fingerprint density at radius 2 is 1.71 bits per heavy atom. The summed E-state index contributed by atoms with van der Waals surface area (Å²) in [5.41, 5.74) is 6.84. The lowest BCUT2D eigenvalue weighted by atomic mass is 9.91. The van der Waals surface area contributed by atoms with E-state index in [2.05, 4.69) is 48.5 Å². The van der Waals surface area contributed by atoms with Crippen molar-refractivity contribution >= 4 is 11.6 Å². The van der Waals surface area contributed by atoms with Gasteiger partial charge in [0.05, 0.1) is 12.1 Å². The number of fused-ring (bicyclic) bond motifs is 1. The highest BCUT2D eigenvalue weighted by Gasteiger charge is 2.44. The molecule has 4 atom stereocenters. The maximum absolute atomic E-state index is 12.8. The zero-order chi connectivity index (χ0) is 24.0. The standard InChI is InChI=1S/C25H42N8O2/c1-31-12-14-32(15-13-31)16-17-35-20-8-6-19(7-9-20)27-23-22-21(18-26-30-24(22)34)28-25(29-23)33-10-4-2-3-5-11-33/h6-9,21-23,25-29H,2-5,10-18H2,1H3,(H,30,34). The predicted molar refractivity (Wildman–Crippen MR) is 137 cm³/mol. The number of rotatable bonds is 7. The van der Waals surface area contributed by atoms with Crippen molar-refractivity contribution in [2.24, 2.45) is 5.92 Å². The molecule has 5 N–H and O–H groups in total. The van der Waals surface area contributed by atoms with Gasteiger partial charge in [0, 0.05) is 64.1 Å². The van der Waals surface area contributed by atoms with E-state index in [9.17, 15) is 4.79 Å². The number of ether oxygens (including phenoxy) is 1. The van der Waals surface area contributed by atoms with Gasteiger partial charge in [0.15, 0.2) is 0 Å². The van der Waals surface area contributed by atoms with Crippen molar-refractivity contribution in [3.05, 3.63) is 24.3 Å². The first-order chi connectivity index (χ1) is 17.2. The largest absolute Gasteiger partial charge is 0.492 e. The van der Waals surface area contributed by atoms with Gasteiger partial charge in [-0.2, -0.15) is 0 Å². The number of likely N-dealkylation sites (tertiary alicyclic amines) is 1. The van der Waals surface area contributed by atoms with Crippen LogP contribution in [-0.4, -0.2) is 105 Å². The smallest absolute Gasteiger partial charge is 0.242 e. The van der Waals surface area contributed by atoms with E-state index in [-0.39, 0.29) is 30.3 Å². The van der Waals surface area contributed by atoms with Gasteiger partial charge >= 0.3 is 0 Å². The molecule has 4 fully saturated rings. The second-order valence-electron chi connectivity index (χ2n) is 10.3. The van der Waals surface area contributed by atoms with Gasteiger partial charge in [0.1, 0.15) is 18.6 Å². The molecule has 1 aromatic carbocycles. The van der Waals surface area contributed by atoms with Crippen LogP contribution in [0.2, 0.25) is 0 Å². The average molecular weight is 487 g/mol. The summed E-state index contributed by atoms with van der Waals surface area (Å²) in [7, 11) is 2.18. The lowest BCUT2D eigenvalue weighted by molar-refractivity contribution is -0.132. The Labute approximate surface area is 209 Å². The van der Waals surface area contributed by atoms with Crippen molar-refractivity contribution in [3.63, 3.8) is 0 Å². The normalized spacial score (nSPS) is 31.3. The van der Waals surface area contributed by atoms with Crippen molar-refractivity contribution in [1.29, 1.82) is 0 Å². The minimum Gasteiger partial charge on any atom is -0.492 e. The summed E-state index contributed by atoms with van der Waals surface area (Å²) >= 11 is 0. The van der Waals surface area contributed by atoms with Crippen molar-refractivity contribution in [3.8, 4) is 5.75 Å². The van der Waals surface area contributed by atoms with Crippen LogP contribution in [0.5, 0.6) is 5.75 Å². The second-order valence-corrected chi connectivity index (χ2v) is 10.3. The fourth-order valence-corrected chi connectivity index (χ4v) is 5.60. The van der Waals surface area contributed by atoms with Gasteiger partial charge in [-0.05, 0) is 44.2 Å². The summed E-state index contributed by atoms with van der Waals surface area (Å²) in [6, 6.07) is 8.18. The van der Waals surface area contributed by atoms with Crippen LogP contribution in [0.3, 0.4) is 0 Å². The third-order valence-electron chi connectivity index (χ3n) is 7.79. The van der Waals surface area contributed by atoms with Crippen LogP contribution in [0, 0.1) is 5.92 Å². The summed E-state index contributed by atoms with van der Waals surface area (Å²) < 4.78 is 6.00. The number of amides is 1. The van der Waals surface area contributed by atoms with Crippen molar-refractivity contribution < 1.29 is 9.53 Å². The van der Waals surface area contributed by atoms with Crippen LogP contribution in [0.25, 0.3) is 0 Å². The Morgan fingerprint density at radius 1 is 0.971 bits per heavy atom. The number of hydrazine groups is 1. The summed E-state index contributed by atoms with van der Waals surface area (Å²) in [5, 5.41) is 11.0. The number of carbonyl (C=O) groups is 1. The van der Waals surface area contributed by atoms with Crippen LogP contribution in [0.15, 0.2) is 24.3 Å². The van der Waals surface area contributed by atoms with Crippen molar-refractivity contribution in [1.82, 2.24) is 36.2 Å². The van der Waals surface area contributed by atoms with E-state index in [4.69, 9.17) is 4.74 Å². The maximum atomic E-state index is 12.8. The Balaban J connectivity index is 1.17. The summed E-state index contributed by atoms with van der Waals surface area (Å²) in [4.78, 5) is 20.1. The first-order valence-corrected chi connectivity index (χ1v) is 13.3. The molecule has 194 valence electrons. The molecular formula is C25H42N8O2. The molecule has 0 aromatic heterocycles. The molecule has 0 saturated carbocycles. The van der Waals surface area contributed by atoms with Crippen molar-refractivity contribution in [2.75, 3.05) is 71.3 Å². The molecule has 1 aromatic rings. The van der Waals surface area contributed by atoms with Gasteiger partial charge in [0.25, 0.3) is 0 Å². The topological polar surface area (TPSA) is 96.2 Å². The second kappa shape index (κ2) is 11.9. The van der Waals surface area contributed by atoms with E-state index in [1.54, 1.807) is 0 Å². The molecule has 4 aliphatic heterocycles. The molecule has 0 spiro atoms. The number of nitrogens with one attached hydrogen (secondary N) is 5. The molecule has 0 bridgehead atoms. The summed E-state index contributed by atoms with van der Waals surface area (Å²) in [6.07, 6.45) is 4.93. The summed E-state index contributed by atoms with van der Waals surface area (Å²) in [6.45, 7) is 8.98. The van der Waals surface area contributed by atoms with Crippen LogP contribution in [0.1, 0.15) is 25.7 Å². The molecule has 0 radical (unpaired) electrons. The lowest BCUT2D eigenvalue weighted by Gasteiger charge is -2.48. The molecule has 5 rings (SSSR count). The van der Waals surface area contributed by atoms with Crippen LogP contribution in [0.4, 0.5) is 5.69 Å². The fourth-order valence-electron chi connectivity index (χ4n) is 5.60. The van der Waals surface area contributed by atoms with Gasteiger partial charge in [-0.15, -0.1) is 0 Å². The van der Waals surface area contributed by atoms with E-state index in [1.807, 2.05) is 24.3 Å². The quantitative estimate of drug-likeness (QED) is 0.366. The van der Waals surface area contributed by atoms with Gasteiger partial charge in [-0.1, -0.05) is 12.8 Å². The third-order valence-corrected chi connectivity index (χ3v) is 7.79. The third kappa shape index (κ3) is 6.44. The molecule has 0 aliphatic carbocycles. The van der Waals surface area contributed by atoms with Crippen LogP contribution in [-0.2, 0) is 4.79 Å². The molecule has 4 heterocycles. The molecule has 35 heavy (non-hydrogen) atoms. The highest BCUT2D eigenvalue weighted by Crippen LogP contribution is 2.24. The number of hydrogen-bond acceptors (Lipinski definition) is 9. The minimum atomic E-state index is -0.209. The fraction of sp³-hybridized carbons (Fsp3) is 0.720. The molecule has 4 unspecified atom stereocenters. The Bertz CT molecular complexity index is 808.